The molecular formula is C14H14BrF2N3. The van der Waals surface area contributed by atoms with Gasteiger partial charge in [-0.1, -0.05) is 0 Å². The molecule has 0 aliphatic heterocycles. The van der Waals surface area contributed by atoms with E-state index in [1.165, 1.54) is 12.1 Å². The molecule has 0 spiro atoms. The maximum Gasteiger partial charge on any atom is 0.145 e. The van der Waals surface area contributed by atoms with Crippen molar-refractivity contribution in [1.82, 2.24) is 15.3 Å². The third-order valence-corrected chi connectivity index (χ3v) is 3.62. The van der Waals surface area contributed by atoms with Crippen LogP contribution in [0, 0.1) is 18.6 Å². The van der Waals surface area contributed by atoms with Crippen molar-refractivity contribution in [2.24, 2.45) is 0 Å². The van der Waals surface area contributed by atoms with Crippen LogP contribution in [0.15, 0.2) is 29.0 Å². The fourth-order valence-electron chi connectivity index (χ4n) is 1.87. The first-order chi connectivity index (χ1) is 9.52. The van der Waals surface area contributed by atoms with Gasteiger partial charge in [-0.2, -0.15) is 0 Å². The summed E-state index contributed by atoms with van der Waals surface area (Å²) in [4.78, 5) is 8.39. The van der Waals surface area contributed by atoms with Gasteiger partial charge >= 0.3 is 0 Å². The molecule has 20 heavy (non-hydrogen) atoms. The Morgan fingerprint density at radius 2 is 1.90 bits per heavy atom. The van der Waals surface area contributed by atoms with E-state index >= 15 is 0 Å². The van der Waals surface area contributed by atoms with Gasteiger partial charge in [-0.25, -0.2) is 18.7 Å². The Bertz CT molecular complexity index is 602. The lowest BCUT2D eigenvalue weighted by atomic mass is 10.0. The predicted molar refractivity (Wildman–Crippen MR) is 76.3 cm³/mol. The molecule has 0 amide bonds. The maximum atomic E-state index is 14.0. The molecule has 1 heterocycles. The molecule has 1 atom stereocenters. The molecule has 2 aromatic rings. The van der Waals surface area contributed by atoms with Gasteiger partial charge in [0.05, 0.1) is 10.5 Å². The summed E-state index contributed by atoms with van der Waals surface area (Å²) in [6, 6.07) is 2.24. The average molecular weight is 342 g/mol. The van der Waals surface area contributed by atoms with E-state index in [9.17, 15) is 8.78 Å². The van der Waals surface area contributed by atoms with Crippen LogP contribution in [0.5, 0.6) is 0 Å². The molecule has 0 aliphatic carbocycles. The largest absolute Gasteiger partial charge is 0.310 e. The van der Waals surface area contributed by atoms with Crippen LogP contribution in [-0.4, -0.2) is 17.0 Å². The van der Waals surface area contributed by atoms with E-state index in [1.807, 2.05) is 6.92 Å². The van der Waals surface area contributed by atoms with Crippen LogP contribution in [0.25, 0.3) is 0 Å². The normalized spacial score (nSPS) is 12.4. The van der Waals surface area contributed by atoms with Crippen LogP contribution in [0.3, 0.4) is 0 Å². The molecule has 1 aromatic heterocycles. The number of aromatic nitrogens is 2. The van der Waals surface area contributed by atoms with Crippen LogP contribution in [0.1, 0.15) is 23.0 Å². The Morgan fingerprint density at radius 1 is 1.25 bits per heavy atom. The van der Waals surface area contributed by atoms with Crippen LogP contribution in [-0.2, 0) is 6.42 Å². The molecule has 0 aliphatic rings. The molecule has 0 radical (unpaired) electrons. The molecule has 0 saturated carbocycles. The lowest BCUT2D eigenvalue weighted by molar-refractivity contribution is 0.499. The summed E-state index contributed by atoms with van der Waals surface area (Å²) in [6.07, 6.45) is 3.50. The Labute approximate surface area is 124 Å². The highest BCUT2D eigenvalue weighted by Crippen LogP contribution is 2.25. The van der Waals surface area contributed by atoms with Crippen molar-refractivity contribution in [1.29, 1.82) is 0 Å². The number of hydrogen-bond donors (Lipinski definition) is 1. The van der Waals surface area contributed by atoms with Crippen molar-refractivity contribution in [2.45, 2.75) is 19.4 Å². The second-order valence-corrected chi connectivity index (χ2v) is 5.34. The first kappa shape index (κ1) is 15.0. The third-order valence-electron chi connectivity index (χ3n) is 3.01. The van der Waals surface area contributed by atoms with E-state index in [4.69, 9.17) is 0 Å². The Morgan fingerprint density at radius 3 is 2.50 bits per heavy atom. The molecule has 106 valence electrons. The van der Waals surface area contributed by atoms with E-state index in [1.54, 1.807) is 19.4 Å². The van der Waals surface area contributed by atoms with Crippen LogP contribution in [0.4, 0.5) is 8.78 Å². The molecule has 0 fully saturated rings. The zero-order chi connectivity index (χ0) is 14.7. The van der Waals surface area contributed by atoms with Gasteiger partial charge in [0.1, 0.15) is 17.5 Å². The number of likely N-dealkylation sites (N-methyl/N-ethyl adjacent to an activating group) is 1. The summed E-state index contributed by atoms with van der Waals surface area (Å²) in [6.45, 7) is 1.88. The fraction of sp³-hybridized carbons (Fsp3) is 0.286. The van der Waals surface area contributed by atoms with Crippen molar-refractivity contribution in [3.63, 3.8) is 0 Å². The van der Waals surface area contributed by atoms with Gasteiger partial charge in [-0.05, 0) is 47.6 Å². The zero-order valence-electron chi connectivity index (χ0n) is 11.1. The van der Waals surface area contributed by atoms with Gasteiger partial charge in [-0.3, -0.25) is 0 Å². The highest BCUT2D eigenvalue weighted by atomic mass is 79.9. The lowest BCUT2D eigenvalue weighted by Gasteiger charge is -2.16. The molecule has 0 saturated heterocycles. The van der Waals surface area contributed by atoms with Crippen LogP contribution < -0.4 is 5.32 Å². The molecule has 3 nitrogen and oxygen atoms in total. The molecule has 6 heteroatoms. The second kappa shape index (κ2) is 6.37. The summed E-state index contributed by atoms with van der Waals surface area (Å²) in [5.74, 6) is -0.646. The van der Waals surface area contributed by atoms with Gasteiger partial charge < -0.3 is 5.32 Å². The van der Waals surface area contributed by atoms with Gasteiger partial charge in [-0.15, -0.1) is 0 Å². The first-order valence-corrected chi connectivity index (χ1v) is 6.90. The topological polar surface area (TPSA) is 37.8 Å². The van der Waals surface area contributed by atoms with Gasteiger partial charge in [0.2, 0.25) is 0 Å². The second-order valence-electron chi connectivity index (χ2n) is 4.49. The zero-order valence-corrected chi connectivity index (χ0v) is 12.7. The number of aryl methyl sites for hydroxylation is 1. The third kappa shape index (κ3) is 3.19. The minimum Gasteiger partial charge on any atom is -0.310 e. The molecule has 2 rings (SSSR count). The molecule has 1 aromatic carbocycles. The van der Waals surface area contributed by atoms with E-state index < -0.39 is 11.6 Å². The van der Waals surface area contributed by atoms with Gasteiger partial charge in [0.25, 0.3) is 0 Å². The van der Waals surface area contributed by atoms with Crippen molar-refractivity contribution < 1.29 is 8.78 Å². The minimum atomic E-state index is -0.586. The first-order valence-electron chi connectivity index (χ1n) is 6.11. The smallest absolute Gasteiger partial charge is 0.145 e. The van der Waals surface area contributed by atoms with Crippen LogP contribution in [0.2, 0.25) is 0 Å². The quantitative estimate of drug-likeness (QED) is 0.867. The van der Waals surface area contributed by atoms with Crippen molar-refractivity contribution in [3.8, 4) is 0 Å². The number of nitrogens with zero attached hydrogens (tertiary/aromatic N) is 2. The highest BCUT2D eigenvalue weighted by Gasteiger charge is 2.19. The van der Waals surface area contributed by atoms with E-state index in [-0.39, 0.29) is 22.5 Å². The SMILES string of the molecule is CNC(Cc1c(F)ccc(Br)c1F)c1ncc(C)cn1. The van der Waals surface area contributed by atoms with E-state index in [0.29, 0.717) is 5.82 Å². The van der Waals surface area contributed by atoms with E-state index in [2.05, 4.69) is 31.2 Å². The van der Waals surface area contributed by atoms with Gasteiger partial charge in [0.15, 0.2) is 0 Å². The molecule has 0 bridgehead atoms. The maximum absolute atomic E-state index is 14.0. The summed E-state index contributed by atoms with van der Waals surface area (Å²) >= 11 is 3.06. The van der Waals surface area contributed by atoms with Gasteiger partial charge in [0, 0.05) is 24.4 Å². The molecular weight excluding hydrogens is 328 g/mol. The predicted octanol–water partition coefficient (Wildman–Crippen LogP) is 3.33. The summed E-state index contributed by atoms with van der Waals surface area (Å²) in [7, 11) is 1.71. The number of benzene rings is 1. The average Bonchev–Trinajstić information content (AvgIpc) is 2.45. The van der Waals surface area contributed by atoms with E-state index in [0.717, 1.165) is 5.56 Å². The summed E-state index contributed by atoms with van der Waals surface area (Å²) in [5.41, 5.74) is 0.950. The highest BCUT2D eigenvalue weighted by molar-refractivity contribution is 9.10. The van der Waals surface area contributed by atoms with Crippen molar-refractivity contribution >= 4 is 15.9 Å². The number of nitrogens with one attached hydrogen (secondary N) is 1. The molecule has 1 N–H and O–H groups in total. The van der Waals surface area contributed by atoms with Crippen molar-refractivity contribution in [3.05, 3.63) is 57.6 Å². The van der Waals surface area contributed by atoms with Crippen molar-refractivity contribution in [2.75, 3.05) is 7.05 Å². The monoisotopic (exact) mass is 341 g/mol. The summed E-state index contributed by atoms with van der Waals surface area (Å²) < 4.78 is 28.0. The number of rotatable bonds is 4. The Kier molecular flexibility index (Phi) is 4.77. The molecule has 1 unspecified atom stereocenters. The fourth-order valence-corrected chi connectivity index (χ4v) is 2.24. The number of hydrogen-bond acceptors (Lipinski definition) is 3. The standard InChI is InChI=1S/C14H14BrF2N3/c1-8-6-19-14(20-7-8)12(18-2)5-9-11(16)4-3-10(15)13(9)17/h3-4,6-7,12,18H,5H2,1-2H3. The number of halogens is 3. The Balaban J connectivity index is 2.31. The Hall–Kier alpha value is -1.40. The van der Waals surface area contributed by atoms with Crippen LogP contribution >= 0.6 is 15.9 Å². The minimum absolute atomic E-state index is 0.0166. The lowest BCUT2D eigenvalue weighted by Crippen LogP contribution is -2.22. The summed E-state index contributed by atoms with van der Waals surface area (Å²) in [5, 5.41) is 2.99.